The van der Waals surface area contributed by atoms with E-state index >= 15 is 0 Å². The molecular formula is C24H18FN5O. The molecule has 1 amide bonds. The minimum absolute atomic E-state index is 0.0562. The van der Waals surface area contributed by atoms with Crippen LogP contribution >= 0.6 is 0 Å². The molecule has 0 aliphatic heterocycles. The van der Waals surface area contributed by atoms with E-state index in [4.69, 9.17) is 0 Å². The number of nitrogens with one attached hydrogen (secondary N) is 1. The van der Waals surface area contributed by atoms with E-state index in [0.717, 1.165) is 5.56 Å². The van der Waals surface area contributed by atoms with Gasteiger partial charge in [-0.25, -0.2) is 9.37 Å². The summed E-state index contributed by atoms with van der Waals surface area (Å²) >= 11 is 0. The number of aryl methyl sites for hydroxylation is 1. The van der Waals surface area contributed by atoms with E-state index < -0.39 is 11.7 Å². The second kappa shape index (κ2) is 8.59. The predicted octanol–water partition coefficient (Wildman–Crippen LogP) is 4.09. The van der Waals surface area contributed by atoms with Gasteiger partial charge in [-0.1, -0.05) is 30.3 Å². The Balaban J connectivity index is 1.68. The largest absolute Gasteiger partial charge is 0.348 e. The summed E-state index contributed by atoms with van der Waals surface area (Å²) < 4.78 is 16.3. The second-order valence-electron chi connectivity index (χ2n) is 6.96. The van der Waals surface area contributed by atoms with Crippen LogP contribution in [0, 0.1) is 17.1 Å². The lowest BCUT2D eigenvalue weighted by Crippen LogP contribution is -2.23. The van der Waals surface area contributed by atoms with E-state index in [-0.39, 0.29) is 5.56 Å². The van der Waals surface area contributed by atoms with Crippen molar-refractivity contribution < 1.29 is 9.18 Å². The van der Waals surface area contributed by atoms with Crippen molar-refractivity contribution in [3.63, 3.8) is 0 Å². The maximum atomic E-state index is 14.5. The Morgan fingerprint density at radius 2 is 1.94 bits per heavy atom. The summed E-state index contributed by atoms with van der Waals surface area (Å²) in [6, 6.07) is 19.1. The molecule has 0 bridgehead atoms. The lowest BCUT2D eigenvalue weighted by Gasteiger charge is -2.10. The fraction of sp³-hybridized carbons (Fsp3) is 0.0833. The maximum absolute atomic E-state index is 14.5. The van der Waals surface area contributed by atoms with Gasteiger partial charge in [0.2, 0.25) is 0 Å². The van der Waals surface area contributed by atoms with Crippen molar-refractivity contribution in [3.8, 4) is 28.7 Å². The standard InChI is InChI=1S/C24H18FN5O/c1-30-15-29-22(21-11-17(13-26)9-10-27-21)23(30)18-7-8-20(25)19(12-18)24(31)28-14-16-5-3-2-4-6-16/h2-12,15H,14H2,1H3,(H,28,31). The topological polar surface area (TPSA) is 83.6 Å². The molecular weight excluding hydrogens is 393 g/mol. The van der Waals surface area contributed by atoms with Gasteiger partial charge >= 0.3 is 0 Å². The quantitative estimate of drug-likeness (QED) is 0.536. The maximum Gasteiger partial charge on any atom is 0.254 e. The van der Waals surface area contributed by atoms with Crippen LogP contribution in [0.15, 0.2) is 73.2 Å². The number of rotatable bonds is 5. The first-order valence-electron chi connectivity index (χ1n) is 9.56. The van der Waals surface area contributed by atoms with E-state index in [2.05, 4.69) is 21.4 Å². The minimum Gasteiger partial charge on any atom is -0.348 e. The Morgan fingerprint density at radius 1 is 1.13 bits per heavy atom. The van der Waals surface area contributed by atoms with E-state index in [1.165, 1.54) is 12.1 Å². The number of carbonyl (C=O) groups is 1. The highest BCUT2D eigenvalue weighted by molar-refractivity contribution is 5.96. The molecule has 4 rings (SSSR count). The molecule has 7 heteroatoms. The lowest BCUT2D eigenvalue weighted by atomic mass is 10.0. The molecule has 0 atom stereocenters. The van der Waals surface area contributed by atoms with Crippen LogP contribution in [0.25, 0.3) is 22.6 Å². The van der Waals surface area contributed by atoms with Crippen molar-refractivity contribution in [2.45, 2.75) is 6.54 Å². The number of aromatic nitrogens is 3. The van der Waals surface area contributed by atoms with E-state index in [1.807, 2.05) is 30.3 Å². The molecule has 2 aromatic carbocycles. The molecule has 0 spiro atoms. The molecule has 0 saturated heterocycles. The van der Waals surface area contributed by atoms with Crippen LogP contribution in [0.1, 0.15) is 21.5 Å². The van der Waals surface area contributed by atoms with Crippen LogP contribution in [0.3, 0.4) is 0 Å². The number of pyridine rings is 1. The van der Waals surface area contributed by atoms with Gasteiger partial charge in [-0.3, -0.25) is 9.78 Å². The number of amides is 1. The Hall–Kier alpha value is -4.31. The van der Waals surface area contributed by atoms with Crippen molar-refractivity contribution in [1.29, 1.82) is 5.26 Å². The molecule has 2 heterocycles. The molecule has 2 aromatic heterocycles. The van der Waals surface area contributed by atoms with E-state index in [1.54, 1.807) is 42.3 Å². The highest BCUT2D eigenvalue weighted by Crippen LogP contribution is 2.31. The number of benzene rings is 2. The van der Waals surface area contributed by atoms with Crippen molar-refractivity contribution in [2.75, 3.05) is 0 Å². The van der Waals surface area contributed by atoms with E-state index in [9.17, 15) is 14.4 Å². The summed E-state index contributed by atoms with van der Waals surface area (Å²) in [6.07, 6.45) is 3.16. The number of halogens is 1. The first-order valence-corrected chi connectivity index (χ1v) is 9.56. The van der Waals surface area contributed by atoms with Crippen LogP contribution in [0.4, 0.5) is 4.39 Å². The summed E-state index contributed by atoms with van der Waals surface area (Å²) in [5.74, 6) is -1.11. The zero-order valence-electron chi connectivity index (χ0n) is 16.7. The zero-order valence-corrected chi connectivity index (χ0v) is 16.7. The predicted molar refractivity (Wildman–Crippen MR) is 114 cm³/mol. The van der Waals surface area contributed by atoms with Crippen LogP contribution in [0.2, 0.25) is 0 Å². The number of hydrogen-bond donors (Lipinski definition) is 1. The summed E-state index contributed by atoms with van der Waals surface area (Å²) in [7, 11) is 1.80. The molecule has 6 nitrogen and oxygen atoms in total. The Kier molecular flexibility index (Phi) is 5.54. The molecule has 0 aliphatic rings. The number of nitriles is 1. The molecule has 1 N–H and O–H groups in total. The monoisotopic (exact) mass is 411 g/mol. The first-order chi connectivity index (χ1) is 15.1. The molecule has 0 unspecified atom stereocenters. The van der Waals surface area contributed by atoms with Gasteiger partial charge in [-0.15, -0.1) is 0 Å². The van der Waals surface area contributed by atoms with Crippen LogP contribution in [-0.4, -0.2) is 20.4 Å². The number of hydrogen-bond acceptors (Lipinski definition) is 4. The van der Waals surface area contributed by atoms with Crippen LogP contribution in [0.5, 0.6) is 0 Å². The smallest absolute Gasteiger partial charge is 0.254 e. The third-order valence-electron chi connectivity index (χ3n) is 4.85. The Bertz CT molecular complexity index is 1290. The van der Waals surface area contributed by atoms with Gasteiger partial charge < -0.3 is 9.88 Å². The van der Waals surface area contributed by atoms with E-state index in [0.29, 0.717) is 34.8 Å². The third kappa shape index (κ3) is 4.19. The first kappa shape index (κ1) is 20.0. The van der Waals surface area contributed by atoms with Gasteiger partial charge in [0.25, 0.3) is 5.91 Å². The molecule has 31 heavy (non-hydrogen) atoms. The van der Waals surface area contributed by atoms with Gasteiger partial charge in [0.15, 0.2) is 0 Å². The Labute approximate surface area is 178 Å². The highest BCUT2D eigenvalue weighted by Gasteiger charge is 2.19. The summed E-state index contributed by atoms with van der Waals surface area (Å²) in [5.41, 5.74) is 3.67. The van der Waals surface area contributed by atoms with Crippen molar-refractivity contribution in [1.82, 2.24) is 19.9 Å². The summed E-state index contributed by atoms with van der Waals surface area (Å²) in [5, 5.41) is 11.9. The van der Waals surface area contributed by atoms with Gasteiger partial charge in [-0.05, 0) is 35.9 Å². The lowest BCUT2D eigenvalue weighted by molar-refractivity contribution is 0.0947. The molecule has 0 radical (unpaired) electrons. The summed E-state index contributed by atoms with van der Waals surface area (Å²) in [6.45, 7) is 0.297. The number of carbonyl (C=O) groups excluding carboxylic acids is 1. The third-order valence-corrected chi connectivity index (χ3v) is 4.85. The molecule has 0 aliphatic carbocycles. The van der Waals surface area contributed by atoms with Gasteiger partial charge in [0.05, 0.1) is 34.9 Å². The molecule has 0 fully saturated rings. The average molecular weight is 411 g/mol. The van der Waals surface area contributed by atoms with Crippen molar-refractivity contribution >= 4 is 5.91 Å². The van der Waals surface area contributed by atoms with Gasteiger partial charge in [0, 0.05) is 25.4 Å². The SMILES string of the molecule is Cn1cnc(-c2cc(C#N)ccn2)c1-c1ccc(F)c(C(=O)NCc2ccccc2)c1. The average Bonchev–Trinajstić information content (AvgIpc) is 3.20. The van der Waals surface area contributed by atoms with Crippen molar-refractivity contribution in [2.24, 2.45) is 7.05 Å². The number of imidazole rings is 1. The summed E-state index contributed by atoms with van der Waals surface area (Å²) in [4.78, 5) is 21.4. The molecule has 0 saturated carbocycles. The van der Waals surface area contributed by atoms with Gasteiger partial charge in [0.1, 0.15) is 11.5 Å². The minimum atomic E-state index is -0.609. The van der Waals surface area contributed by atoms with Crippen LogP contribution < -0.4 is 5.32 Å². The Morgan fingerprint density at radius 3 is 2.71 bits per heavy atom. The zero-order chi connectivity index (χ0) is 21.8. The molecule has 152 valence electrons. The fourth-order valence-electron chi connectivity index (χ4n) is 3.31. The highest BCUT2D eigenvalue weighted by atomic mass is 19.1. The number of nitrogens with zero attached hydrogens (tertiary/aromatic N) is 4. The van der Waals surface area contributed by atoms with Crippen molar-refractivity contribution in [3.05, 3.63) is 95.7 Å². The molecule has 4 aromatic rings. The normalized spacial score (nSPS) is 10.5. The fourth-order valence-corrected chi connectivity index (χ4v) is 3.31. The van der Waals surface area contributed by atoms with Crippen LogP contribution in [-0.2, 0) is 13.6 Å². The van der Waals surface area contributed by atoms with Gasteiger partial charge in [-0.2, -0.15) is 5.26 Å². The second-order valence-corrected chi connectivity index (χ2v) is 6.96.